The van der Waals surface area contributed by atoms with Crippen molar-refractivity contribution in [1.29, 1.82) is 0 Å². The smallest absolute Gasteiger partial charge is 0.256 e. The van der Waals surface area contributed by atoms with Crippen molar-refractivity contribution in [3.8, 4) is 10.6 Å². The highest BCUT2D eigenvalue weighted by Crippen LogP contribution is 2.45. The molecule has 6 rings (SSSR count). The summed E-state index contributed by atoms with van der Waals surface area (Å²) >= 11 is 3.27. The Kier molecular flexibility index (Phi) is 8.90. The van der Waals surface area contributed by atoms with Gasteiger partial charge in [-0.25, -0.2) is 13.4 Å². The van der Waals surface area contributed by atoms with Crippen molar-refractivity contribution in [2.24, 2.45) is 11.8 Å². The second kappa shape index (κ2) is 12.1. The lowest BCUT2D eigenvalue weighted by Gasteiger charge is -2.34. The minimum atomic E-state index is -3.60. The molecule has 0 bridgehead atoms. The number of sulfonamides is 1. The molecule has 1 amide bonds. The topological polar surface area (TPSA) is 82.6 Å². The molecule has 4 aromatic rings. The summed E-state index contributed by atoms with van der Waals surface area (Å²) in [5, 5.41) is 4.89. The van der Waals surface area contributed by atoms with E-state index in [9.17, 15) is 13.2 Å². The van der Waals surface area contributed by atoms with E-state index in [1.54, 1.807) is 51.2 Å². The second-order valence-electron chi connectivity index (χ2n) is 11.1. The van der Waals surface area contributed by atoms with Crippen molar-refractivity contribution in [2.75, 3.05) is 31.5 Å². The Bertz CT molecular complexity index is 1620. The average Bonchev–Trinajstić information content (AvgIpc) is 3.52. The first-order valence-electron chi connectivity index (χ1n) is 13.9. The summed E-state index contributed by atoms with van der Waals surface area (Å²) in [4.78, 5) is 22.3. The molecular weight excluding hydrogens is 596 g/mol. The van der Waals surface area contributed by atoms with Crippen LogP contribution in [-0.4, -0.2) is 54.7 Å². The van der Waals surface area contributed by atoms with Crippen LogP contribution in [0.1, 0.15) is 48.0 Å². The second-order valence-corrected chi connectivity index (χ2v) is 15.1. The summed E-state index contributed by atoms with van der Waals surface area (Å²) in [6.07, 6.45) is 1.95. The van der Waals surface area contributed by atoms with E-state index in [4.69, 9.17) is 4.98 Å². The number of fused-ring (bicyclic) bond motifs is 2. The number of rotatable bonds is 6. The fraction of sp³-hybridized carbons (Fsp3) is 0.400. The molecule has 7 nitrogen and oxygen atoms in total. The molecule has 1 N–H and O–H groups in total. The third kappa shape index (κ3) is 5.96. The first-order valence-corrected chi connectivity index (χ1v) is 16.9. The van der Waals surface area contributed by atoms with Crippen LogP contribution in [0.5, 0.6) is 0 Å². The van der Waals surface area contributed by atoms with Gasteiger partial charge in [0.1, 0.15) is 10.0 Å². The highest BCUT2D eigenvalue weighted by atomic mass is 35.5. The van der Waals surface area contributed by atoms with Crippen molar-refractivity contribution in [3.63, 3.8) is 0 Å². The standard InChI is InChI=1S/C30H34N4O3S3.ClH/c1-4-33-14-13-23-26(18-33)39-30(27(23)29-31-24-7-5-6-8-25(24)38-29)32-28(35)21-9-11-22(12-10-21)40(36,37)34-16-19(2)15-20(3)17-34;/h5-12,19-20H,4,13-18H2,1-3H3,(H,32,35);1H. The zero-order valence-electron chi connectivity index (χ0n) is 23.4. The van der Waals surface area contributed by atoms with E-state index in [0.29, 0.717) is 30.5 Å². The molecule has 0 aliphatic carbocycles. The third-order valence-corrected chi connectivity index (χ3v) is 11.9. The molecule has 2 unspecified atom stereocenters. The Balaban J connectivity index is 0.00000337. The van der Waals surface area contributed by atoms with E-state index < -0.39 is 10.0 Å². The van der Waals surface area contributed by atoms with Gasteiger partial charge in [0.2, 0.25) is 10.0 Å². The number of anilines is 1. The molecule has 2 atom stereocenters. The molecule has 41 heavy (non-hydrogen) atoms. The number of piperidine rings is 1. The molecule has 218 valence electrons. The number of nitrogens with zero attached hydrogens (tertiary/aromatic N) is 3. The number of amides is 1. The number of thiophene rings is 1. The molecule has 4 heterocycles. The maximum Gasteiger partial charge on any atom is 0.256 e. The lowest BCUT2D eigenvalue weighted by atomic mass is 9.94. The zero-order valence-corrected chi connectivity index (χ0v) is 26.7. The van der Waals surface area contributed by atoms with Crippen molar-refractivity contribution in [2.45, 2.75) is 45.1 Å². The maximum absolute atomic E-state index is 13.5. The fourth-order valence-electron chi connectivity index (χ4n) is 5.92. The molecule has 2 aliphatic rings. The van der Waals surface area contributed by atoms with E-state index >= 15 is 0 Å². The molecule has 2 aromatic carbocycles. The number of likely N-dealkylation sites (N-methyl/N-ethyl adjacent to an activating group) is 1. The van der Waals surface area contributed by atoms with E-state index in [-0.39, 0.29) is 23.2 Å². The van der Waals surface area contributed by atoms with Crippen molar-refractivity contribution in [3.05, 3.63) is 64.5 Å². The van der Waals surface area contributed by atoms with Crippen LogP contribution in [0.4, 0.5) is 5.00 Å². The maximum atomic E-state index is 13.5. The minimum absolute atomic E-state index is 0. The Labute approximate surface area is 256 Å². The quantitative estimate of drug-likeness (QED) is 0.255. The molecule has 2 aromatic heterocycles. The first kappa shape index (κ1) is 30.1. The Morgan fingerprint density at radius 3 is 2.44 bits per heavy atom. The number of hydrogen-bond acceptors (Lipinski definition) is 7. The van der Waals surface area contributed by atoms with Gasteiger partial charge < -0.3 is 5.32 Å². The van der Waals surface area contributed by atoms with Crippen LogP contribution < -0.4 is 5.32 Å². The number of thiazole rings is 1. The monoisotopic (exact) mass is 630 g/mol. The normalized spacial score (nSPS) is 20.0. The number of carbonyl (C=O) groups excluding carboxylic acids is 1. The molecule has 1 fully saturated rings. The Hall–Kier alpha value is -2.34. The predicted molar refractivity (Wildman–Crippen MR) is 171 cm³/mol. The van der Waals surface area contributed by atoms with E-state index in [1.807, 2.05) is 18.2 Å². The number of benzene rings is 2. The van der Waals surface area contributed by atoms with E-state index in [0.717, 1.165) is 58.3 Å². The minimum Gasteiger partial charge on any atom is -0.313 e. The van der Waals surface area contributed by atoms with Crippen LogP contribution in [0.3, 0.4) is 0 Å². The van der Waals surface area contributed by atoms with Crippen LogP contribution >= 0.6 is 35.1 Å². The molecule has 1 saturated heterocycles. The number of carbonyl (C=O) groups is 1. The van der Waals surface area contributed by atoms with Crippen LogP contribution in [-0.2, 0) is 23.0 Å². The van der Waals surface area contributed by atoms with E-state index in [1.165, 1.54) is 10.4 Å². The van der Waals surface area contributed by atoms with Gasteiger partial charge in [0, 0.05) is 42.2 Å². The van der Waals surface area contributed by atoms with E-state index in [2.05, 4.69) is 37.1 Å². The lowest BCUT2D eigenvalue weighted by molar-refractivity contribution is 0.102. The number of nitrogens with one attached hydrogen (secondary N) is 1. The molecule has 0 spiro atoms. The van der Waals surface area contributed by atoms with Crippen LogP contribution in [0.15, 0.2) is 53.4 Å². The SMILES string of the molecule is CCN1CCc2c(sc(NC(=O)c3ccc(S(=O)(=O)N4CC(C)CC(C)C4)cc3)c2-c2nc3ccccc3s2)C1.Cl. The summed E-state index contributed by atoms with van der Waals surface area (Å²) in [7, 11) is -3.60. The Morgan fingerprint density at radius 1 is 1.05 bits per heavy atom. The van der Waals surface area contributed by atoms with Gasteiger partial charge in [0.25, 0.3) is 5.91 Å². The summed E-state index contributed by atoms with van der Waals surface area (Å²) in [5.74, 6) is 0.404. The first-order chi connectivity index (χ1) is 19.2. The van der Waals surface area contributed by atoms with Crippen molar-refractivity contribution < 1.29 is 13.2 Å². The summed E-state index contributed by atoms with van der Waals surface area (Å²) in [6.45, 7) is 10.3. The van der Waals surface area contributed by atoms with Crippen LogP contribution in [0.25, 0.3) is 20.8 Å². The molecule has 2 aliphatic heterocycles. The van der Waals surface area contributed by atoms with Crippen LogP contribution in [0.2, 0.25) is 0 Å². The van der Waals surface area contributed by atoms with Gasteiger partial charge in [0.05, 0.1) is 15.1 Å². The zero-order chi connectivity index (χ0) is 28.0. The molecular formula is C30H35ClN4O3S3. The van der Waals surface area contributed by atoms with Gasteiger partial charge >= 0.3 is 0 Å². The number of hydrogen-bond donors (Lipinski definition) is 1. The van der Waals surface area contributed by atoms with Gasteiger partial charge in [-0.3, -0.25) is 9.69 Å². The summed E-state index contributed by atoms with van der Waals surface area (Å²) < 4.78 is 29.3. The van der Waals surface area contributed by atoms with Gasteiger partial charge in [-0.05, 0) is 73.2 Å². The number of aromatic nitrogens is 1. The summed E-state index contributed by atoms with van der Waals surface area (Å²) in [5.41, 5.74) is 3.68. The largest absolute Gasteiger partial charge is 0.313 e. The highest BCUT2D eigenvalue weighted by molar-refractivity contribution is 7.89. The number of halogens is 1. The molecule has 11 heteroatoms. The van der Waals surface area contributed by atoms with Gasteiger partial charge in [-0.15, -0.1) is 35.1 Å². The fourth-order valence-corrected chi connectivity index (χ4v) is 10.00. The molecule has 0 radical (unpaired) electrons. The Morgan fingerprint density at radius 2 is 1.76 bits per heavy atom. The summed E-state index contributed by atoms with van der Waals surface area (Å²) in [6, 6.07) is 14.5. The van der Waals surface area contributed by atoms with Gasteiger partial charge in [0.15, 0.2) is 0 Å². The average molecular weight is 631 g/mol. The van der Waals surface area contributed by atoms with Crippen LogP contribution in [0, 0.1) is 11.8 Å². The number of para-hydroxylation sites is 1. The van der Waals surface area contributed by atoms with Gasteiger partial charge in [-0.2, -0.15) is 4.31 Å². The molecule has 0 saturated carbocycles. The third-order valence-electron chi connectivity index (χ3n) is 7.91. The van der Waals surface area contributed by atoms with Gasteiger partial charge in [-0.1, -0.05) is 32.9 Å². The highest BCUT2D eigenvalue weighted by Gasteiger charge is 2.32. The predicted octanol–water partition coefficient (Wildman–Crippen LogP) is 6.74. The lowest BCUT2D eigenvalue weighted by Crippen LogP contribution is -2.42. The van der Waals surface area contributed by atoms with Crippen molar-refractivity contribution in [1.82, 2.24) is 14.2 Å². The van der Waals surface area contributed by atoms with Crippen molar-refractivity contribution >= 4 is 66.2 Å².